The second-order valence-corrected chi connectivity index (χ2v) is 9.69. The average Bonchev–Trinajstić information content (AvgIpc) is 3.11. The van der Waals surface area contributed by atoms with Crippen LogP contribution in [0.4, 0.5) is 0 Å². The summed E-state index contributed by atoms with van der Waals surface area (Å²) in [7, 11) is 0. The Labute approximate surface area is 262 Å². The van der Waals surface area contributed by atoms with Gasteiger partial charge >= 0.3 is 230 Å². The Morgan fingerprint density at radius 3 is 0.704 bits per heavy atom. The van der Waals surface area contributed by atoms with E-state index in [1.807, 2.05) is 0 Å². The molecule has 0 aromatic carbocycles. The molecular weight excluding hydrogens is 821 g/mol. The summed E-state index contributed by atoms with van der Waals surface area (Å²) in [6.07, 6.45) is 0. The van der Waals surface area contributed by atoms with Crippen molar-refractivity contribution in [2.45, 2.75) is 41.5 Å². The first-order chi connectivity index (χ1) is 9.91. The molecule has 0 saturated carbocycles. The summed E-state index contributed by atoms with van der Waals surface area (Å²) in [6.45, 7) is 12.8. The Balaban J connectivity index is -0.0000000551. The van der Waals surface area contributed by atoms with E-state index in [2.05, 4.69) is 70.7 Å². The van der Waals surface area contributed by atoms with Gasteiger partial charge in [-0.25, -0.2) is 0 Å². The van der Waals surface area contributed by atoms with Crippen molar-refractivity contribution < 1.29 is 116 Å². The van der Waals surface area contributed by atoms with E-state index in [1.165, 1.54) is 33.4 Å². The molecule has 3 aliphatic rings. The molecular formula is C18H21As3Cl3Zr3. The zero-order valence-corrected chi connectivity index (χ0v) is 31.5. The fourth-order valence-corrected chi connectivity index (χ4v) is 6.41. The van der Waals surface area contributed by atoms with Gasteiger partial charge in [0, 0.05) is 0 Å². The molecule has 141 valence electrons. The molecule has 27 heavy (non-hydrogen) atoms. The van der Waals surface area contributed by atoms with Crippen LogP contribution in [0.2, 0.25) is 0 Å². The third kappa shape index (κ3) is 20.0. The predicted octanol–water partition coefficient (Wildman–Crippen LogP) is -5.05. The minimum Gasteiger partial charge on any atom is -1.00 e. The Morgan fingerprint density at radius 1 is 0.481 bits per heavy atom. The number of allylic oxidation sites excluding steroid dienone is 6. The third-order valence-electron chi connectivity index (χ3n) is 3.25. The summed E-state index contributed by atoms with van der Waals surface area (Å²) in [4.78, 5) is 16.7. The van der Waals surface area contributed by atoms with Crippen molar-refractivity contribution in [3.8, 4) is 0 Å². The van der Waals surface area contributed by atoms with Crippen molar-refractivity contribution in [1.29, 1.82) is 0 Å². The smallest absolute Gasteiger partial charge is 1.00 e. The van der Waals surface area contributed by atoms with Gasteiger partial charge in [0.2, 0.25) is 0 Å². The Hall–Kier alpha value is 3.63. The summed E-state index contributed by atoms with van der Waals surface area (Å²) >= 11 is 0.998. The van der Waals surface area contributed by atoms with Crippen molar-refractivity contribution in [1.82, 2.24) is 0 Å². The van der Waals surface area contributed by atoms with Crippen LogP contribution >= 0.6 is 0 Å². The van der Waals surface area contributed by atoms with Crippen LogP contribution in [-0.2, 0) is 78.6 Å². The van der Waals surface area contributed by atoms with Gasteiger partial charge in [-0.2, -0.15) is 0 Å². The molecule has 0 unspecified atom stereocenters. The van der Waals surface area contributed by atoms with Crippen molar-refractivity contribution >= 4 is 47.3 Å². The van der Waals surface area contributed by atoms with Crippen LogP contribution in [0, 0.1) is 14.6 Å². The standard InChI is InChI=1S/3C6H7As.3ClH.3Zr/c3*1-5-3-7-4-6(5)2;;;;;;/h3*3H,1-2H3;3*1H;;;/q3*-1;;;;3*+2/p-3. The van der Waals surface area contributed by atoms with Crippen LogP contribution in [0.5, 0.6) is 0 Å². The molecule has 0 saturated heterocycles. The average molecular weight is 842 g/mol. The second-order valence-electron chi connectivity index (χ2n) is 5.03. The van der Waals surface area contributed by atoms with Crippen LogP contribution in [-0.4, -0.2) is 47.3 Å². The van der Waals surface area contributed by atoms with E-state index in [1.54, 1.807) is 0 Å². The molecule has 3 heterocycles. The molecule has 0 fully saturated rings. The third-order valence-corrected chi connectivity index (χ3v) is 9.42. The Kier molecular flexibility index (Phi) is 42.5. The van der Waals surface area contributed by atoms with Crippen molar-refractivity contribution in [2.24, 2.45) is 0 Å². The van der Waals surface area contributed by atoms with E-state index in [0.717, 1.165) is 0 Å². The number of hydrogen-bond donors (Lipinski definition) is 0. The van der Waals surface area contributed by atoms with E-state index in [9.17, 15) is 0 Å². The quantitative estimate of drug-likeness (QED) is 0.170. The van der Waals surface area contributed by atoms with E-state index in [-0.39, 0.29) is 116 Å². The van der Waals surface area contributed by atoms with Gasteiger partial charge in [0.05, 0.1) is 0 Å². The van der Waals surface area contributed by atoms with Gasteiger partial charge in [0.25, 0.3) is 0 Å². The van der Waals surface area contributed by atoms with E-state index in [0.29, 0.717) is 47.3 Å². The van der Waals surface area contributed by atoms with Gasteiger partial charge in [-0.05, 0) is 0 Å². The largest absolute Gasteiger partial charge is 2.00 e. The molecule has 0 amide bonds. The fourth-order valence-electron chi connectivity index (χ4n) is 1.23. The molecule has 0 aromatic rings. The molecule has 0 atom stereocenters. The fraction of sp³-hybridized carbons (Fsp3) is 0.333. The van der Waals surface area contributed by atoms with Crippen molar-refractivity contribution in [3.63, 3.8) is 0 Å². The van der Waals surface area contributed by atoms with Crippen molar-refractivity contribution in [2.75, 3.05) is 0 Å². The Bertz CT molecular complexity index is 453. The summed E-state index contributed by atoms with van der Waals surface area (Å²) in [6, 6.07) is 0. The van der Waals surface area contributed by atoms with Gasteiger partial charge < -0.3 is 37.2 Å². The predicted molar refractivity (Wildman–Crippen MR) is 95.8 cm³/mol. The first-order valence-corrected chi connectivity index (χ1v) is 12.9. The van der Waals surface area contributed by atoms with Crippen LogP contribution in [0.25, 0.3) is 0 Å². The molecule has 0 bridgehead atoms. The summed E-state index contributed by atoms with van der Waals surface area (Å²) in [5.41, 5.74) is 8.38. The number of hydrogen-bond acceptors (Lipinski definition) is 0. The number of rotatable bonds is 0. The minimum atomic E-state index is 0. The molecule has 0 nitrogen and oxygen atoms in total. The van der Waals surface area contributed by atoms with Gasteiger partial charge in [0.1, 0.15) is 0 Å². The molecule has 0 N–H and O–H groups in total. The van der Waals surface area contributed by atoms with E-state index >= 15 is 0 Å². The van der Waals surface area contributed by atoms with E-state index in [4.69, 9.17) is 0 Å². The molecule has 0 spiro atoms. The van der Waals surface area contributed by atoms with Crippen LogP contribution in [0.15, 0.2) is 48.0 Å². The number of halogens is 3. The normalized spacial score (nSPS) is 17.6. The van der Waals surface area contributed by atoms with Gasteiger partial charge in [0.15, 0.2) is 0 Å². The van der Waals surface area contributed by atoms with Crippen molar-refractivity contribution in [3.05, 3.63) is 62.6 Å². The molecule has 9 heteroatoms. The first-order valence-electron chi connectivity index (χ1n) is 6.81. The maximum Gasteiger partial charge on any atom is 2.00 e. The summed E-state index contributed by atoms with van der Waals surface area (Å²) in [5, 5.41) is 0. The summed E-state index contributed by atoms with van der Waals surface area (Å²) in [5.74, 6) is 0. The zero-order valence-electron chi connectivity index (χ0n) is 16.2. The zero-order chi connectivity index (χ0) is 15.8. The minimum absolute atomic E-state index is 0. The topological polar surface area (TPSA) is 0 Å². The maximum absolute atomic E-state index is 3.29. The van der Waals surface area contributed by atoms with E-state index < -0.39 is 0 Å². The second kappa shape index (κ2) is 25.9. The molecule has 0 aromatic heterocycles. The molecule has 0 aliphatic carbocycles. The van der Waals surface area contributed by atoms with Gasteiger partial charge in [-0.15, -0.1) is 0 Å². The maximum atomic E-state index is 3.29. The SMILES string of the molecule is CC1=[C-][As]C=C1C.CC1=[C-][As]C=C1C.CC1=[C-][As]C=C1C.[Cl-].[Cl-].[Cl-].[Zr+2].[Zr+2].[Zr+2]. The summed E-state index contributed by atoms with van der Waals surface area (Å²) < 4.78 is 0. The van der Waals surface area contributed by atoms with Crippen LogP contribution in [0.1, 0.15) is 41.5 Å². The van der Waals surface area contributed by atoms with Crippen LogP contribution < -0.4 is 37.2 Å². The molecule has 3 radical (unpaired) electrons. The Morgan fingerprint density at radius 2 is 0.667 bits per heavy atom. The van der Waals surface area contributed by atoms with Crippen LogP contribution in [0.3, 0.4) is 0 Å². The molecule has 3 aliphatic heterocycles. The van der Waals surface area contributed by atoms with Gasteiger partial charge in [-0.1, -0.05) is 0 Å². The first kappa shape index (κ1) is 44.3. The van der Waals surface area contributed by atoms with Gasteiger partial charge in [-0.3, -0.25) is 0 Å². The monoisotopic (exact) mass is 837 g/mol. The molecule has 3 rings (SSSR count).